The number of likely N-dealkylation sites (tertiary alicyclic amines) is 1. The van der Waals surface area contributed by atoms with Gasteiger partial charge < -0.3 is 33.7 Å². The lowest BCUT2D eigenvalue weighted by Crippen LogP contribution is -2.39. The Balaban J connectivity index is 1.53. The number of benzene rings is 2. The summed E-state index contributed by atoms with van der Waals surface area (Å²) in [5.41, 5.74) is 1.05. The van der Waals surface area contributed by atoms with Crippen LogP contribution in [0.2, 0.25) is 0 Å². The molecule has 2 saturated heterocycles. The highest BCUT2D eigenvalue weighted by Crippen LogP contribution is 2.43. The summed E-state index contributed by atoms with van der Waals surface area (Å²) in [6.07, 6.45) is 0.670. The van der Waals surface area contributed by atoms with Crippen LogP contribution in [0.1, 0.15) is 37.4 Å². The van der Waals surface area contributed by atoms with Gasteiger partial charge in [-0.25, -0.2) is 0 Å². The number of rotatable bonds is 10. The lowest BCUT2D eigenvalue weighted by atomic mass is 9.94. The van der Waals surface area contributed by atoms with Gasteiger partial charge in [-0.1, -0.05) is 6.07 Å². The van der Waals surface area contributed by atoms with Crippen molar-refractivity contribution in [2.45, 2.75) is 26.3 Å². The van der Waals surface area contributed by atoms with Crippen LogP contribution in [0.3, 0.4) is 0 Å². The molecular weight excluding hydrogens is 516 g/mol. The molecule has 3 aliphatic heterocycles. The lowest BCUT2D eigenvalue weighted by Gasteiger charge is -2.29. The minimum atomic E-state index is -0.798. The molecule has 2 aromatic carbocycles. The van der Waals surface area contributed by atoms with Gasteiger partial charge in [-0.05, 0) is 56.2 Å². The first-order chi connectivity index (χ1) is 19.5. The number of aliphatic hydroxyl groups excluding tert-OH is 1. The summed E-state index contributed by atoms with van der Waals surface area (Å²) in [5, 5.41) is 11.5. The van der Waals surface area contributed by atoms with Crippen LogP contribution in [-0.4, -0.2) is 92.4 Å². The van der Waals surface area contributed by atoms with Crippen LogP contribution in [0.15, 0.2) is 42.0 Å². The van der Waals surface area contributed by atoms with Crippen molar-refractivity contribution in [3.8, 4) is 23.0 Å². The van der Waals surface area contributed by atoms with E-state index in [0.29, 0.717) is 86.7 Å². The summed E-state index contributed by atoms with van der Waals surface area (Å²) in [5.74, 6) is 0.503. The molecule has 0 unspecified atom stereocenters. The molecule has 3 aliphatic rings. The molecule has 0 aromatic heterocycles. The maximum absolute atomic E-state index is 13.5. The number of nitrogens with zero attached hydrogens (tertiary/aromatic N) is 2. The Morgan fingerprint density at radius 2 is 1.62 bits per heavy atom. The summed E-state index contributed by atoms with van der Waals surface area (Å²) < 4.78 is 28.3. The van der Waals surface area contributed by atoms with E-state index in [1.54, 1.807) is 35.2 Å². The second-order valence-corrected chi connectivity index (χ2v) is 9.73. The van der Waals surface area contributed by atoms with E-state index in [0.717, 1.165) is 19.6 Å². The van der Waals surface area contributed by atoms with Crippen LogP contribution in [0, 0.1) is 0 Å². The highest BCUT2D eigenvalue weighted by molar-refractivity contribution is 6.46. The second-order valence-electron chi connectivity index (χ2n) is 9.73. The molecule has 0 aliphatic carbocycles. The molecule has 3 heterocycles. The molecule has 0 spiro atoms. The fourth-order valence-corrected chi connectivity index (χ4v) is 5.33. The first-order valence-electron chi connectivity index (χ1n) is 13.9. The van der Waals surface area contributed by atoms with Gasteiger partial charge in [0.25, 0.3) is 11.7 Å². The fourth-order valence-electron chi connectivity index (χ4n) is 5.33. The average molecular weight is 553 g/mol. The second kappa shape index (κ2) is 12.6. The number of fused-ring (bicyclic) bond motifs is 1. The van der Waals surface area contributed by atoms with Crippen LogP contribution < -0.4 is 18.9 Å². The Morgan fingerprint density at radius 3 is 2.38 bits per heavy atom. The minimum absolute atomic E-state index is 0.0275. The molecule has 2 fully saturated rings. The summed E-state index contributed by atoms with van der Waals surface area (Å²) in [6.45, 7) is 9.64. The number of morpholine rings is 1. The zero-order valence-corrected chi connectivity index (χ0v) is 23.0. The number of Topliss-reactive ketones (excluding diaryl/α,β-unsaturated/α-hetero) is 1. The zero-order chi connectivity index (χ0) is 28.1. The third-order valence-corrected chi connectivity index (χ3v) is 7.22. The molecule has 1 amide bonds. The standard InChI is InChI=1S/C30H36N2O8/c1-3-37-22-8-6-20(18-24(22)38-4-2)27-26(28(33)21-7-9-23-25(19-21)40-17-16-39-23)29(34)30(35)32(27)11-5-10-31-12-14-36-15-13-31/h6-9,18-19,27,33H,3-5,10-17H2,1-2H3/b28-26+/t27-/m1/s1. The highest BCUT2D eigenvalue weighted by atomic mass is 16.6. The molecule has 40 heavy (non-hydrogen) atoms. The van der Waals surface area contributed by atoms with Gasteiger partial charge in [-0.15, -0.1) is 0 Å². The maximum atomic E-state index is 13.5. The SMILES string of the molecule is CCOc1ccc([C@@H]2/C(=C(\O)c3ccc4c(c3)OCCO4)C(=O)C(=O)N2CCCN2CCOCC2)cc1OCC. The van der Waals surface area contributed by atoms with Gasteiger partial charge in [0.1, 0.15) is 19.0 Å². The van der Waals surface area contributed by atoms with Crippen molar-refractivity contribution in [3.05, 3.63) is 53.1 Å². The van der Waals surface area contributed by atoms with Crippen LogP contribution in [-0.2, 0) is 14.3 Å². The minimum Gasteiger partial charge on any atom is -0.507 e. The number of amides is 1. The Bertz CT molecular complexity index is 1270. The molecule has 0 radical (unpaired) electrons. The Hall–Kier alpha value is -3.76. The Morgan fingerprint density at radius 1 is 0.900 bits per heavy atom. The molecule has 1 N–H and O–H groups in total. The Kier molecular flexibility index (Phi) is 8.76. The predicted molar refractivity (Wildman–Crippen MR) is 147 cm³/mol. The van der Waals surface area contributed by atoms with Crippen LogP contribution in [0.5, 0.6) is 23.0 Å². The number of ether oxygens (including phenoxy) is 5. The van der Waals surface area contributed by atoms with Crippen molar-refractivity contribution in [1.29, 1.82) is 0 Å². The number of carbonyl (C=O) groups is 2. The Labute approximate surface area is 234 Å². The highest BCUT2D eigenvalue weighted by Gasteiger charge is 2.46. The van der Waals surface area contributed by atoms with E-state index in [1.807, 2.05) is 19.9 Å². The average Bonchev–Trinajstić information content (AvgIpc) is 3.23. The lowest BCUT2D eigenvalue weighted by molar-refractivity contribution is -0.140. The largest absolute Gasteiger partial charge is 0.507 e. The first kappa shape index (κ1) is 27.8. The maximum Gasteiger partial charge on any atom is 0.295 e. The van der Waals surface area contributed by atoms with Crippen LogP contribution in [0.25, 0.3) is 5.76 Å². The van der Waals surface area contributed by atoms with E-state index in [4.69, 9.17) is 23.7 Å². The molecular formula is C30H36N2O8. The van der Waals surface area contributed by atoms with E-state index in [1.165, 1.54) is 0 Å². The van der Waals surface area contributed by atoms with Crippen LogP contribution >= 0.6 is 0 Å². The number of aliphatic hydroxyl groups is 1. The third kappa shape index (κ3) is 5.73. The quantitative estimate of drug-likeness (QED) is 0.270. The number of hydrogen-bond donors (Lipinski definition) is 1. The van der Waals surface area contributed by atoms with Crippen LogP contribution in [0.4, 0.5) is 0 Å². The number of hydrogen-bond acceptors (Lipinski definition) is 9. The predicted octanol–water partition coefficient (Wildman–Crippen LogP) is 3.40. The molecule has 0 bridgehead atoms. The van der Waals surface area contributed by atoms with Crippen molar-refractivity contribution < 1.29 is 38.4 Å². The molecule has 5 rings (SSSR count). The smallest absolute Gasteiger partial charge is 0.295 e. The number of carbonyl (C=O) groups excluding carboxylic acids is 2. The van der Waals surface area contributed by atoms with Gasteiger partial charge in [0, 0.05) is 31.7 Å². The molecule has 0 saturated carbocycles. The molecule has 10 heteroatoms. The van der Waals surface area contributed by atoms with Crippen molar-refractivity contribution in [3.63, 3.8) is 0 Å². The molecule has 2 aromatic rings. The topological polar surface area (TPSA) is 107 Å². The summed E-state index contributed by atoms with van der Waals surface area (Å²) >= 11 is 0. The van der Waals surface area contributed by atoms with Crippen molar-refractivity contribution in [2.75, 3.05) is 65.8 Å². The van der Waals surface area contributed by atoms with Gasteiger partial charge in [0.05, 0.1) is 38.0 Å². The van der Waals surface area contributed by atoms with Gasteiger partial charge in [0.2, 0.25) is 0 Å². The van der Waals surface area contributed by atoms with E-state index in [9.17, 15) is 14.7 Å². The fraction of sp³-hybridized carbons (Fsp3) is 0.467. The molecule has 10 nitrogen and oxygen atoms in total. The summed E-state index contributed by atoms with van der Waals surface area (Å²) in [7, 11) is 0. The summed E-state index contributed by atoms with van der Waals surface area (Å²) in [6, 6.07) is 9.58. The van der Waals surface area contributed by atoms with Gasteiger partial charge >= 0.3 is 0 Å². The monoisotopic (exact) mass is 552 g/mol. The van der Waals surface area contributed by atoms with Crippen molar-refractivity contribution >= 4 is 17.4 Å². The van der Waals surface area contributed by atoms with Gasteiger partial charge in [-0.2, -0.15) is 0 Å². The third-order valence-electron chi connectivity index (χ3n) is 7.22. The van der Waals surface area contributed by atoms with Gasteiger partial charge in [-0.3, -0.25) is 14.5 Å². The van der Waals surface area contributed by atoms with Gasteiger partial charge in [0.15, 0.2) is 23.0 Å². The first-order valence-corrected chi connectivity index (χ1v) is 13.9. The normalized spacial score (nSPS) is 20.6. The van der Waals surface area contributed by atoms with E-state index in [2.05, 4.69) is 4.90 Å². The molecule has 1 atom stereocenters. The van der Waals surface area contributed by atoms with Crippen molar-refractivity contribution in [2.24, 2.45) is 0 Å². The summed E-state index contributed by atoms with van der Waals surface area (Å²) in [4.78, 5) is 30.8. The zero-order valence-electron chi connectivity index (χ0n) is 23.0. The van der Waals surface area contributed by atoms with E-state index >= 15 is 0 Å². The van der Waals surface area contributed by atoms with E-state index in [-0.39, 0.29) is 11.3 Å². The van der Waals surface area contributed by atoms with E-state index < -0.39 is 17.7 Å². The van der Waals surface area contributed by atoms with Crippen molar-refractivity contribution in [1.82, 2.24) is 9.80 Å². The number of ketones is 1. The molecule has 214 valence electrons.